The summed E-state index contributed by atoms with van der Waals surface area (Å²) < 4.78 is 24.8. The monoisotopic (exact) mass is 786 g/mol. The third-order valence-electron chi connectivity index (χ3n) is 17.3. The van der Waals surface area contributed by atoms with Gasteiger partial charge in [-0.05, 0) is 122 Å². The number of ether oxygens (including phenoxy) is 4. The molecule has 10 N–H and O–H groups in total. The quantitative estimate of drug-likeness (QED) is 0.136. The van der Waals surface area contributed by atoms with Crippen LogP contribution in [0.4, 0.5) is 0 Å². The molecule has 2 spiro atoms. The van der Waals surface area contributed by atoms with E-state index in [-0.39, 0.29) is 58.0 Å². The lowest BCUT2D eigenvalue weighted by Gasteiger charge is -2.63. The molecule has 0 aromatic carbocycles. The van der Waals surface area contributed by atoms with Crippen LogP contribution in [0.1, 0.15) is 106 Å². The van der Waals surface area contributed by atoms with Crippen molar-refractivity contribution in [3.63, 3.8) is 0 Å². The van der Waals surface area contributed by atoms with Crippen LogP contribution >= 0.6 is 0 Å². The molecule has 14 nitrogen and oxygen atoms in total. The molecule has 7 fully saturated rings. The molecule has 318 valence electrons. The summed E-state index contributed by atoms with van der Waals surface area (Å²) in [6.45, 7) is 13.5. The minimum absolute atomic E-state index is 0.0933. The van der Waals surface area contributed by atoms with Gasteiger partial charge in [0.05, 0.1) is 37.1 Å². The van der Waals surface area contributed by atoms with Crippen LogP contribution in [0.3, 0.4) is 0 Å². The van der Waals surface area contributed by atoms with Crippen LogP contribution in [0.5, 0.6) is 0 Å². The van der Waals surface area contributed by atoms with Crippen molar-refractivity contribution in [3.05, 3.63) is 0 Å². The molecule has 7 rings (SSSR count). The van der Waals surface area contributed by atoms with Gasteiger partial charge in [-0.25, -0.2) is 0 Å². The Morgan fingerprint density at radius 1 is 0.764 bits per heavy atom. The molecule has 0 aromatic rings. The summed E-state index contributed by atoms with van der Waals surface area (Å²) >= 11 is 0. The van der Waals surface area contributed by atoms with E-state index in [0.29, 0.717) is 18.3 Å². The van der Waals surface area contributed by atoms with Gasteiger partial charge in [0.25, 0.3) is 0 Å². The van der Waals surface area contributed by atoms with Gasteiger partial charge in [0, 0.05) is 0 Å². The third kappa shape index (κ3) is 6.33. The third-order valence-corrected chi connectivity index (χ3v) is 17.3. The summed E-state index contributed by atoms with van der Waals surface area (Å²) in [5.74, 6) is 0.328. The van der Waals surface area contributed by atoms with Gasteiger partial charge < -0.3 is 70.0 Å². The largest absolute Gasteiger partial charge is 0.394 e. The number of hydrogen-bond donors (Lipinski definition) is 10. The van der Waals surface area contributed by atoms with Gasteiger partial charge in [-0.15, -0.1) is 0 Å². The van der Waals surface area contributed by atoms with Gasteiger partial charge in [0.15, 0.2) is 12.6 Å². The Kier molecular flexibility index (Phi) is 11.1. The van der Waals surface area contributed by atoms with Crippen LogP contribution in [0.15, 0.2) is 0 Å². The summed E-state index contributed by atoms with van der Waals surface area (Å²) in [5.41, 5.74) is -2.11. The lowest BCUT2D eigenvalue weighted by atomic mass is 9.41. The van der Waals surface area contributed by atoms with Gasteiger partial charge in [-0.1, -0.05) is 34.6 Å². The minimum Gasteiger partial charge on any atom is -0.394 e. The van der Waals surface area contributed by atoms with Crippen LogP contribution in [0.2, 0.25) is 0 Å². The van der Waals surface area contributed by atoms with Crippen molar-refractivity contribution < 1.29 is 70.0 Å². The van der Waals surface area contributed by atoms with E-state index in [1.807, 2.05) is 6.92 Å². The van der Waals surface area contributed by atoms with E-state index in [4.69, 9.17) is 18.9 Å². The van der Waals surface area contributed by atoms with E-state index in [9.17, 15) is 51.1 Å². The maximum absolute atomic E-state index is 11.2. The molecule has 0 aromatic heterocycles. The predicted octanol–water partition coefficient (Wildman–Crippen LogP) is 0.564. The molecule has 14 heteroatoms. The van der Waals surface area contributed by atoms with Crippen molar-refractivity contribution in [2.24, 2.45) is 50.7 Å². The smallest absolute Gasteiger partial charge is 0.186 e. The zero-order valence-corrected chi connectivity index (χ0v) is 33.7. The van der Waals surface area contributed by atoms with E-state index in [0.717, 1.165) is 44.9 Å². The molecule has 2 aliphatic heterocycles. The molecular formula is C41H70O14. The molecule has 5 aliphatic carbocycles. The number of aliphatic hydroxyl groups excluding tert-OH is 9. The van der Waals surface area contributed by atoms with Gasteiger partial charge >= 0.3 is 0 Å². The Bertz CT molecular complexity index is 1390. The second-order valence-electron chi connectivity index (χ2n) is 20.7. The van der Waals surface area contributed by atoms with Gasteiger partial charge in [0.2, 0.25) is 0 Å². The molecule has 21 atom stereocenters. The Labute approximate surface area is 325 Å². The Balaban J connectivity index is 1.16. The molecule has 4 unspecified atom stereocenters. The SMILES string of the molecule is C[C@H](CC(O)C(O)C(C)(C)O)[C@H]1C(O[C@@H]2O[C@H](CO)[C@@H](O)[C@H](O)[C@H]2O)C[C@@]2(C)[C@@H]3CC[C@H]4C(C)(C)C(O[C@@H]5OC[C@@H](O)[C@H](O)[C@H]5O)CC[C@@]45C[C@@]35CC[C@]12C. The lowest BCUT2D eigenvalue weighted by molar-refractivity contribution is -0.315. The first-order valence-electron chi connectivity index (χ1n) is 20.9. The van der Waals surface area contributed by atoms with Gasteiger partial charge in [0.1, 0.15) is 48.8 Å². The van der Waals surface area contributed by atoms with Crippen molar-refractivity contribution in [1.29, 1.82) is 0 Å². The van der Waals surface area contributed by atoms with Crippen molar-refractivity contribution in [2.45, 2.75) is 192 Å². The zero-order chi connectivity index (χ0) is 40.4. The van der Waals surface area contributed by atoms with E-state index in [2.05, 4.69) is 27.7 Å². The van der Waals surface area contributed by atoms with Crippen molar-refractivity contribution in [1.82, 2.24) is 0 Å². The molecule has 2 saturated heterocycles. The normalized spacial score (nSPS) is 53.6. The van der Waals surface area contributed by atoms with E-state index in [1.54, 1.807) is 0 Å². The van der Waals surface area contributed by atoms with Gasteiger partial charge in [-0.3, -0.25) is 0 Å². The molecular weight excluding hydrogens is 716 g/mol. The summed E-state index contributed by atoms with van der Waals surface area (Å²) in [5, 5.41) is 106. The Morgan fingerprint density at radius 2 is 1.40 bits per heavy atom. The van der Waals surface area contributed by atoms with Crippen molar-refractivity contribution >= 4 is 0 Å². The number of fused-ring (bicyclic) bond motifs is 2. The predicted molar refractivity (Wildman–Crippen MR) is 196 cm³/mol. The minimum atomic E-state index is -1.58. The average molecular weight is 787 g/mol. The first-order valence-corrected chi connectivity index (χ1v) is 20.9. The van der Waals surface area contributed by atoms with Crippen LogP contribution in [-0.2, 0) is 18.9 Å². The maximum atomic E-state index is 11.2. The average Bonchev–Trinajstić information content (AvgIpc) is 3.72. The number of aliphatic hydroxyl groups is 10. The fourth-order valence-corrected chi connectivity index (χ4v) is 14.3. The molecule has 0 amide bonds. The van der Waals surface area contributed by atoms with Crippen LogP contribution in [0, 0.1) is 50.7 Å². The van der Waals surface area contributed by atoms with Crippen molar-refractivity contribution in [3.8, 4) is 0 Å². The summed E-state index contributed by atoms with van der Waals surface area (Å²) in [6, 6.07) is 0. The second-order valence-corrected chi connectivity index (χ2v) is 20.7. The fourth-order valence-electron chi connectivity index (χ4n) is 14.3. The fraction of sp³-hybridized carbons (Fsp3) is 1.00. The van der Waals surface area contributed by atoms with Crippen LogP contribution in [-0.4, -0.2) is 150 Å². The molecule has 2 heterocycles. The topological polar surface area (TPSA) is 239 Å². The second kappa shape index (κ2) is 14.3. The molecule has 7 aliphatic rings. The molecule has 0 bridgehead atoms. The molecule has 55 heavy (non-hydrogen) atoms. The first kappa shape index (κ1) is 42.6. The van der Waals surface area contributed by atoms with E-state index in [1.165, 1.54) is 13.8 Å². The maximum Gasteiger partial charge on any atom is 0.186 e. The summed E-state index contributed by atoms with van der Waals surface area (Å²) in [7, 11) is 0. The highest BCUT2D eigenvalue weighted by Crippen LogP contribution is 2.89. The van der Waals surface area contributed by atoms with Crippen LogP contribution < -0.4 is 0 Å². The summed E-state index contributed by atoms with van der Waals surface area (Å²) in [6.07, 6.45) is -7.65. The molecule has 0 radical (unpaired) electrons. The van der Waals surface area contributed by atoms with Crippen LogP contribution in [0.25, 0.3) is 0 Å². The van der Waals surface area contributed by atoms with E-state index < -0.39 is 85.8 Å². The zero-order valence-electron chi connectivity index (χ0n) is 33.7. The standard InChI is InChI=1S/C41H70O14/c1-19(14-20(43)33(50)37(4,5)51)27-22(53-35-32(49)30(47)29(46)23(16-42)54-35)15-39(7)25-9-8-24-36(2,3)26(55-34-31(48)28(45)21(44)17-52-34)10-11-40(24)18-41(25,40)13-12-38(27,39)6/h19-35,42-51H,8-18H2,1-7H3/t19-,20?,21-,22?,23-,24+,25+,26?,27+,28+,29-,30+,31-,32-,33?,34+,35-,38-,39+,40-,41+/m1/s1. The number of rotatable bonds is 10. The van der Waals surface area contributed by atoms with Crippen molar-refractivity contribution in [2.75, 3.05) is 13.2 Å². The van der Waals surface area contributed by atoms with Gasteiger partial charge in [-0.2, -0.15) is 0 Å². The highest BCUT2D eigenvalue weighted by molar-refractivity contribution is 5.31. The lowest BCUT2D eigenvalue weighted by Crippen LogP contribution is -2.60. The molecule has 5 saturated carbocycles. The Hall–Kier alpha value is -0.560. The number of hydrogen-bond acceptors (Lipinski definition) is 14. The Morgan fingerprint density at radius 3 is 2.05 bits per heavy atom. The summed E-state index contributed by atoms with van der Waals surface area (Å²) in [4.78, 5) is 0. The first-order chi connectivity index (χ1) is 25.5. The van der Waals surface area contributed by atoms with E-state index >= 15 is 0 Å². The highest BCUT2D eigenvalue weighted by Gasteiger charge is 2.83. The highest BCUT2D eigenvalue weighted by atomic mass is 16.7.